The van der Waals surface area contributed by atoms with Crippen LogP contribution in [0.25, 0.3) is 78.7 Å². The molecule has 0 N–H and O–H groups in total. The maximum absolute atomic E-state index is 5.27. The molecule has 8 aromatic rings. The Balaban J connectivity index is 0.00000372. The largest absolute Gasteiger partial charge is 0.208 e. The van der Waals surface area contributed by atoms with Crippen LogP contribution in [0.5, 0.6) is 0 Å². The molecule has 1 heterocycles. The molecule has 1 aromatic heterocycles. The van der Waals surface area contributed by atoms with Crippen molar-refractivity contribution in [3.63, 3.8) is 0 Å². The lowest BCUT2D eigenvalue weighted by atomic mass is 9.82. The number of fused-ring (bicyclic) bond motifs is 6. The fraction of sp³-hybridized carbons (Fsp3) is 0.100. The van der Waals surface area contributed by atoms with Crippen molar-refractivity contribution < 1.29 is 0 Å². The van der Waals surface area contributed by atoms with E-state index in [1.165, 1.54) is 66.8 Å². The van der Waals surface area contributed by atoms with Gasteiger partial charge in [-0.15, -0.1) is 0 Å². The van der Waals surface area contributed by atoms with E-state index in [9.17, 15) is 0 Å². The summed E-state index contributed by atoms with van der Waals surface area (Å²) in [5.41, 5.74) is 18.2. The Hall–Kier alpha value is -6.45. The van der Waals surface area contributed by atoms with Gasteiger partial charge in [-0.25, -0.2) is 15.0 Å². The van der Waals surface area contributed by atoms with E-state index in [4.69, 9.17) is 15.0 Å². The topological polar surface area (TPSA) is 38.7 Å². The van der Waals surface area contributed by atoms with Gasteiger partial charge >= 0.3 is 0 Å². The van der Waals surface area contributed by atoms with Crippen LogP contribution in [0.4, 0.5) is 0 Å². The third-order valence-electron chi connectivity index (χ3n) is 11.0. The molecule has 10 rings (SSSR count). The van der Waals surface area contributed by atoms with Gasteiger partial charge in [-0.1, -0.05) is 173 Å². The molecule has 0 radical (unpaired) electrons. The number of rotatable bonds is 5. The maximum Gasteiger partial charge on any atom is 0.164 e. The Kier molecular flexibility index (Phi) is 7.74. The fourth-order valence-corrected chi connectivity index (χ4v) is 8.40. The van der Waals surface area contributed by atoms with Crippen LogP contribution in [0.3, 0.4) is 0 Å². The molecule has 7 aromatic carbocycles. The number of hydrogen-bond donors (Lipinski definition) is 0. The molecule has 0 unspecified atom stereocenters. The molecule has 0 atom stereocenters. The highest BCUT2D eigenvalue weighted by molar-refractivity contribution is 5.90. The molecule has 2 aliphatic rings. The van der Waals surface area contributed by atoms with Crippen molar-refractivity contribution in [1.29, 1.82) is 0 Å². The SMILES string of the molecule is C.CC1(C)c2ccccc2-c2ccc(-c3nc(-c4ccccc4)nc(-c4cccc5c4Cc4c(-c6cccc(-c7ccccc7)c6)cccc4-5)n3)cc21. The monoisotopic (exact) mass is 681 g/mol. The summed E-state index contributed by atoms with van der Waals surface area (Å²) in [6.07, 6.45) is 0.805. The normalized spacial score (nSPS) is 13.0. The zero-order valence-corrected chi connectivity index (χ0v) is 29.1. The highest BCUT2D eigenvalue weighted by Gasteiger charge is 2.35. The molecule has 3 nitrogen and oxygen atoms in total. The van der Waals surface area contributed by atoms with E-state index in [1.807, 2.05) is 18.2 Å². The molecule has 0 bridgehead atoms. The molecular formula is C50H39N3. The Labute approximate surface area is 311 Å². The molecule has 0 spiro atoms. The first-order chi connectivity index (χ1) is 25.5. The van der Waals surface area contributed by atoms with Crippen molar-refractivity contribution in [1.82, 2.24) is 15.0 Å². The van der Waals surface area contributed by atoms with Gasteiger partial charge in [0.05, 0.1) is 0 Å². The van der Waals surface area contributed by atoms with Crippen molar-refractivity contribution in [3.8, 4) is 78.7 Å². The van der Waals surface area contributed by atoms with E-state index in [1.54, 1.807) is 0 Å². The van der Waals surface area contributed by atoms with Crippen molar-refractivity contribution in [2.75, 3.05) is 0 Å². The lowest BCUT2D eigenvalue weighted by molar-refractivity contribution is 0.660. The van der Waals surface area contributed by atoms with Crippen molar-refractivity contribution in [3.05, 3.63) is 186 Å². The average Bonchev–Trinajstić information content (AvgIpc) is 3.70. The van der Waals surface area contributed by atoms with Crippen molar-refractivity contribution >= 4 is 0 Å². The second-order valence-electron chi connectivity index (χ2n) is 14.4. The average molecular weight is 682 g/mol. The Morgan fingerprint density at radius 1 is 0.358 bits per heavy atom. The molecule has 0 saturated carbocycles. The molecular weight excluding hydrogens is 643 g/mol. The minimum atomic E-state index is -0.121. The van der Waals surface area contributed by atoms with Gasteiger partial charge in [-0.2, -0.15) is 0 Å². The summed E-state index contributed by atoms with van der Waals surface area (Å²) in [6.45, 7) is 4.62. The fourth-order valence-electron chi connectivity index (χ4n) is 8.40. The van der Waals surface area contributed by atoms with E-state index in [-0.39, 0.29) is 12.8 Å². The van der Waals surface area contributed by atoms with Gasteiger partial charge in [-0.05, 0) is 78.9 Å². The van der Waals surface area contributed by atoms with Gasteiger partial charge in [0.25, 0.3) is 0 Å². The van der Waals surface area contributed by atoms with E-state index >= 15 is 0 Å². The van der Waals surface area contributed by atoms with Crippen LogP contribution >= 0.6 is 0 Å². The van der Waals surface area contributed by atoms with Gasteiger partial charge in [0.15, 0.2) is 17.5 Å². The second-order valence-corrected chi connectivity index (χ2v) is 14.4. The minimum absolute atomic E-state index is 0. The Morgan fingerprint density at radius 2 is 0.868 bits per heavy atom. The van der Waals surface area contributed by atoms with Gasteiger partial charge in [-0.3, -0.25) is 0 Å². The smallest absolute Gasteiger partial charge is 0.164 e. The zero-order chi connectivity index (χ0) is 34.8. The summed E-state index contributed by atoms with van der Waals surface area (Å²) in [7, 11) is 0. The van der Waals surface area contributed by atoms with Crippen molar-refractivity contribution in [2.45, 2.75) is 33.1 Å². The summed E-state index contributed by atoms with van der Waals surface area (Å²) in [6, 6.07) is 58.5. The van der Waals surface area contributed by atoms with Gasteiger partial charge in [0.1, 0.15) is 0 Å². The lowest BCUT2D eigenvalue weighted by Gasteiger charge is -2.21. The number of benzene rings is 7. The number of nitrogens with zero attached hydrogens (tertiary/aromatic N) is 3. The molecule has 53 heavy (non-hydrogen) atoms. The first-order valence-corrected chi connectivity index (χ1v) is 18.0. The van der Waals surface area contributed by atoms with E-state index in [2.05, 4.69) is 159 Å². The first kappa shape index (κ1) is 32.5. The van der Waals surface area contributed by atoms with E-state index in [0.29, 0.717) is 17.5 Å². The highest BCUT2D eigenvalue weighted by Crippen LogP contribution is 2.50. The van der Waals surface area contributed by atoms with Crippen LogP contribution in [0.2, 0.25) is 0 Å². The predicted molar refractivity (Wildman–Crippen MR) is 220 cm³/mol. The second kappa shape index (κ2) is 12.6. The maximum atomic E-state index is 5.27. The Morgan fingerprint density at radius 3 is 1.62 bits per heavy atom. The van der Waals surface area contributed by atoms with Crippen LogP contribution in [-0.4, -0.2) is 15.0 Å². The number of aromatic nitrogens is 3. The summed E-state index contributed by atoms with van der Waals surface area (Å²) in [5.74, 6) is 2.06. The van der Waals surface area contributed by atoms with Gasteiger partial charge in [0.2, 0.25) is 0 Å². The van der Waals surface area contributed by atoms with E-state index < -0.39 is 0 Å². The highest BCUT2D eigenvalue weighted by atomic mass is 15.0. The number of hydrogen-bond acceptors (Lipinski definition) is 3. The molecule has 0 amide bonds. The van der Waals surface area contributed by atoms with Gasteiger partial charge < -0.3 is 0 Å². The van der Waals surface area contributed by atoms with Crippen LogP contribution in [0.1, 0.15) is 43.5 Å². The predicted octanol–water partition coefficient (Wildman–Crippen LogP) is 12.7. The third-order valence-corrected chi connectivity index (χ3v) is 11.0. The van der Waals surface area contributed by atoms with Crippen LogP contribution in [0, 0.1) is 0 Å². The molecule has 3 heteroatoms. The molecule has 0 aliphatic heterocycles. The quantitative estimate of drug-likeness (QED) is 0.181. The first-order valence-electron chi connectivity index (χ1n) is 18.0. The lowest BCUT2D eigenvalue weighted by Crippen LogP contribution is -2.15. The van der Waals surface area contributed by atoms with E-state index in [0.717, 1.165) is 23.1 Å². The van der Waals surface area contributed by atoms with Gasteiger partial charge in [0, 0.05) is 28.5 Å². The van der Waals surface area contributed by atoms with Crippen LogP contribution in [-0.2, 0) is 11.8 Å². The van der Waals surface area contributed by atoms with Crippen molar-refractivity contribution in [2.24, 2.45) is 0 Å². The molecule has 254 valence electrons. The van der Waals surface area contributed by atoms with Crippen LogP contribution < -0.4 is 0 Å². The third kappa shape index (κ3) is 5.31. The van der Waals surface area contributed by atoms with Crippen LogP contribution in [0.15, 0.2) is 164 Å². The zero-order valence-electron chi connectivity index (χ0n) is 29.1. The molecule has 0 saturated heterocycles. The Bertz CT molecular complexity index is 2670. The minimum Gasteiger partial charge on any atom is -0.208 e. The summed E-state index contributed by atoms with van der Waals surface area (Å²) < 4.78 is 0. The summed E-state index contributed by atoms with van der Waals surface area (Å²) in [4.78, 5) is 15.6. The molecule has 2 aliphatic carbocycles. The summed E-state index contributed by atoms with van der Waals surface area (Å²) in [5, 5.41) is 0. The molecule has 0 fully saturated rings. The standard InChI is InChI=1S/C49H35N3.CH4/c1-49(2)44-25-10-9-20-39(44)40-27-26-35(29-45(40)49)47-50-46(32-16-7-4-8-17-32)51-48(52-47)41-24-13-23-38-37-22-12-21-36(42(37)30-43(38)41)34-19-11-18-33(28-34)31-14-5-3-6-15-31;/h3-29H,30H2,1-2H3;1H4. The summed E-state index contributed by atoms with van der Waals surface area (Å²) >= 11 is 0.